The van der Waals surface area contributed by atoms with Crippen molar-refractivity contribution < 1.29 is 19.0 Å². The first-order valence-electron chi connectivity index (χ1n) is 11.3. The first-order valence-corrected chi connectivity index (χ1v) is 11.3. The molecule has 2 saturated heterocycles. The molecule has 7 heteroatoms. The number of carbonyl (C=O) groups excluding carboxylic acids is 1. The predicted octanol–water partition coefficient (Wildman–Crippen LogP) is 2.92. The summed E-state index contributed by atoms with van der Waals surface area (Å²) in [5.74, 6) is 1.38. The maximum absolute atomic E-state index is 13.3. The highest BCUT2D eigenvalue weighted by atomic mass is 16.5. The summed E-state index contributed by atoms with van der Waals surface area (Å²) < 4.78 is 19.0. The molecule has 2 aliphatic heterocycles. The van der Waals surface area contributed by atoms with Gasteiger partial charge in [-0.25, -0.2) is 4.98 Å². The van der Waals surface area contributed by atoms with Gasteiger partial charge in [0.2, 0.25) is 0 Å². The van der Waals surface area contributed by atoms with Crippen molar-refractivity contribution in [1.82, 2.24) is 14.7 Å². The van der Waals surface area contributed by atoms with Gasteiger partial charge in [-0.2, -0.15) is 0 Å². The summed E-state index contributed by atoms with van der Waals surface area (Å²) in [7, 11) is 1.61. The Bertz CT molecular complexity index is 976. The van der Waals surface area contributed by atoms with Gasteiger partial charge in [-0.15, -0.1) is 0 Å². The van der Waals surface area contributed by atoms with Gasteiger partial charge >= 0.3 is 0 Å². The number of nitrogens with one attached hydrogen (secondary N) is 1. The van der Waals surface area contributed by atoms with Crippen LogP contribution in [0.3, 0.4) is 0 Å². The lowest BCUT2D eigenvalue weighted by Crippen LogP contribution is -2.71. The number of methoxy groups -OCH3 is 1. The van der Waals surface area contributed by atoms with Crippen LogP contribution in [0.2, 0.25) is 0 Å². The van der Waals surface area contributed by atoms with Gasteiger partial charge in [0.1, 0.15) is 11.4 Å². The van der Waals surface area contributed by atoms with Crippen LogP contribution in [0.15, 0.2) is 18.5 Å². The van der Waals surface area contributed by atoms with E-state index >= 15 is 0 Å². The fourth-order valence-electron chi connectivity index (χ4n) is 6.24. The minimum atomic E-state index is -0.0586. The van der Waals surface area contributed by atoms with Crippen LogP contribution in [-0.2, 0) is 9.47 Å². The minimum Gasteiger partial charge on any atom is -0.496 e. The molecule has 160 valence electrons. The maximum Gasteiger partial charge on any atom is 0.256 e. The second-order valence-electron chi connectivity index (χ2n) is 9.36. The Hall–Kier alpha value is -2.12. The molecule has 3 atom stereocenters. The SMILES string of the molecule is COc1cc2nc(C3CCOCC3)cn2cc1C(=O)NC1C2CCOC2C12CCC2. The molecule has 1 N–H and O–H groups in total. The van der Waals surface area contributed by atoms with E-state index in [1.807, 2.05) is 16.7 Å². The topological polar surface area (TPSA) is 74.1 Å². The van der Waals surface area contributed by atoms with Crippen molar-refractivity contribution in [3.8, 4) is 5.75 Å². The number of rotatable bonds is 4. The number of carbonyl (C=O) groups is 1. The molecule has 4 fully saturated rings. The molecule has 2 aromatic heterocycles. The summed E-state index contributed by atoms with van der Waals surface area (Å²) in [4.78, 5) is 18.1. The quantitative estimate of drug-likeness (QED) is 0.837. The Morgan fingerprint density at radius 1 is 1.23 bits per heavy atom. The van der Waals surface area contributed by atoms with E-state index in [1.54, 1.807) is 7.11 Å². The highest BCUT2D eigenvalue weighted by molar-refractivity contribution is 5.97. The molecule has 30 heavy (non-hydrogen) atoms. The van der Waals surface area contributed by atoms with Gasteiger partial charge in [0.15, 0.2) is 0 Å². The molecule has 0 aromatic carbocycles. The van der Waals surface area contributed by atoms with Crippen LogP contribution in [0.25, 0.3) is 5.65 Å². The summed E-state index contributed by atoms with van der Waals surface area (Å²) in [5.41, 5.74) is 2.61. The van der Waals surface area contributed by atoms with Crippen LogP contribution < -0.4 is 10.1 Å². The standard InChI is InChI=1S/C23H29N3O4/c1-28-18-11-19-24-17(14-3-8-29-9-4-14)13-26(19)12-16(18)22(27)25-20-15-5-10-30-21(15)23(20)6-2-7-23/h11-15,20-21H,2-10H2,1H3,(H,25,27). The van der Waals surface area contributed by atoms with E-state index in [-0.39, 0.29) is 17.4 Å². The average Bonchev–Trinajstić information content (AvgIpc) is 3.35. The van der Waals surface area contributed by atoms with Gasteiger partial charge in [0.25, 0.3) is 5.91 Å². The van der Waals surface area contributed by atoms with Gasteiger partial charge in [-0.1, -0.05) is 6.42 Å². The van der Waals surface area contributed by atoms with Crippen LogP contribution in [-0.4, -0.2) is 54.4 Å². The molecule has 4 aliphatic rings. The van der Waals surface area contributed by atoms with Crippen molar-refractivity contribution in [3.63, 3.8) is 0 Å². The summed E-state index contributed by atoms with van der Waals surface area (Å²) in [6.07, 6.45) is 10.8. The lowest BCUT2D eigenvalue weighted by atomic mass is 9.46. The Kier molecular flexibility index (Phi) is 4.32. The van der Waals surface area contributed by atoms with Crippen molar-refractivity contribution in [1.29, 1.82) is 0 Å². The summed E-state index contributed by atoms with van der Waals surface area (Å²) in [5, 5.41) is 3.36. The van der Waals surface area contributed by atoms with E-state index in [0.717, 1.165) is 63.3 Å². The molecule has 6 rings (SSSR count). The van der Waals surface area contributed by atoms with Gasteiger partial charge < -0.3 is 23.9 Å². The summed E-state index contributed by atoms with van der Waals surface area (Å²) in [6.45, 7) is 2.39. The zero-order chi connectivity index (χ0) is 20.3. The van der Waals surface area contributed by atoms with Crippen LogP contribution in [0.4, 0.5) is 0 Å². The number of nitrogens with zero attached hydrogens (tertiary/aromatic N) is 2. The average molecular weight is 412 g/mol. The van der Waals surface area contributed by atoms with Crippen LogP contribution >= 0.6 is 0 Å². The van der Waals surface area contributed by atoms with Crippen molar-refractivity contribution in [2.45, 2.75) is 56.6 Å². The molecule has 2 saturated carbocycles. The first-order chi connectivity index (χ1) is 14.7. The molecule has 2 aromatic rings. The molecular weight excluding hydrogens is 382 g/mol. The molecule has 2 aliphatic carbocycles. The highest BCUT2D eigenvalue weighted by Crippen LogP contribution is 2.62. The smallest absolute Gasteiger partial charge is 0.256 e. The van der Waals surface area contributed by atoms with E-state index in [2.05, 4.69) is 11.5 Å². The molecule has 0 radical (unpaired) electrons. The van der Waals surface area contributed by atoms with Crippen molar-refractivity contribution >= 4 is 11.6 Å². The van der Waals surface area contributed by atoms with E-state index in [1.165, 1.54) is 6.42 Å². The number of fused-ring (bicyclic) bond motifs is 3. The van der Waals surface area contributed by atoms with E-state index < -0.39 is 0 Å². The zero-order valence-electron chi connectivity index (χ0n) is 17.4. The number of imidazole rings is 1. The maximum atomic E-state index is 13.3. The third-order valence-corrected chi connectivity index (χ3v) is 8.00. The number of pyridine rings is 1. The fraction of sp³-hybridized carbons (Fsp3) is 0.652. The van der Waals surface area contributed by atoms with E-state index in [4.69, 9.17) is 19.2 Å². The van der Waals surface area contributed by atoms with Crippen LogP contribution in [0, 0.1) is 11.3 Å². The van der Waals surface area contributed by atoms with Crippen LogP contribution in [0.5, 0.6) is 5.75 Å². The Morgan fingerprint density at radius 3 is 2.80 bits per heavy atom. The third kappa shape index (κ3) is 2.64. The van der Waals surface area contributed by atoms with E-state index in [0.29, 0.717) is 29.3 Å². The lowest BCUT2D eigenvalue weighted by molar-refractivity contribution is -0.172. The largest absolute Gasteiger partial charge is 0.496 e. The Morgan fingerprint density at radius 2 is 2.07 bits per heavy atom. The van der Waals surface area contributed by atoms with Gasteiger partial charge in [0, 0.05) is 61.6 Å². The number of hydrogen-bond acceptors (Lipinski definition) is 5. The number of ether oxygens (including phenoxy) is 3. The van der Waals surface area contributed by atoms with Crippen molar-refractivity contribution in [2.24, 2.45) is 11.3 Å². The molecule has 3 unspecified atom stereocenters. The van der Waals surface area contributed by atoms with Crippen LogP contribution in [0.1, 0.15) is 60.5 Å². The Balaban J connectivity index is 1.28. The van der Waals surface area contributed by atoms with E-state index in [9.17, 15) is 4.79 Å². The normalized spacial score (nSPS) is 30.0. The highest BCUT2D eigenvalue weighted by Gasteiger charge is 2.67. The molecule has 4 heterocycles. The van der Waals surface area contributed by atoms with Crippen molar-refractivity contribution in [2.75, 3.05) is 26.9 Å². The monoisotopic (exact) mass is 411 g/mol. The summed E-state index contributed by atoms with van der Waals surface area (Å²) >= 11 is 0. The Labute approximate surface area is 176 Å². The molecule has 7 nitrogen and oxygen atoms in total. The van der Waals surface area contributed by atoms with Gasteiger partial charge in [-0.05, 0) is 32.1 Å². The van der Waals surface area contributed by atoms with Crippen molar-refractivity contribution in [3.05, 3.63) is 29.7 Å². The number of amides is 1. The zero-order valence-corrected chi connectivity index (χ0v) is 17.4. The second kappa shape index (κ2) is 6.95. The van der Waals surface area contributed by atoms with Gasteiger partial charge in [-0.3, -0.25) is 4.79 Å². The lowest BCUT2D eigenvalue weighted by Gasteiger charge is -2.63. The number of aromatic nitrogens is 2. The summed E-state index contributed by atoms with van der Waals surface area (Å²) in [6, 6.07) is 2.09. The molecule has 1 spiro atoms. The first kappa shape index (κ1) is 18.6. The minimum absolute atomic E-state index is 0.0586. The molecule has 0 bridgehead atoms. The predicted molar refractivity (Wildman–Crippen MR) is 110 cm³/mol. The fourth-order valence-corrected chi connectivity index (χ4v) is 6.24. The second-order valence-corrected chi connectivity index (χ2v) is 9.36. The number of hydrogen-bond donors (Lipinski definition) is 1. The van der Waals surface area contributed by atoms with Gasteiger partial charge in [0.05, 0.1) is 24.5 Å². The molecule has 1 amide bonds. The molecular formula is C23H29N3O4. The third-order valence-electron chi connectivity index (χ3n) is 8.00.